The van der Waals surface area contributed by atoms with Crippen LogP contribution in [0.1, 0.15) is 56.7 Å². The van der Waals surface area contributed by atoms with Crippen molar-refractivity contribution in [3.63, 3.8) is 0 Å². The van der Waals surface area contributed by atoms with Crippen LogP contribution in [0.3, 0.4) is 0 Å². The second-order valence-electron chi connectivity index (χ2n) is 7.07. The van der Waals surface area contributed by atoms with Crippen LogP contribution in [0.15, 0.2) is 92.2 Å². The number of carbonyl (C=O) groups excluding carboxylic acids is 1. The summed E-state index contributed by atoms with van der Waals surface area (Å²) in [6.45, 7) is 9.82. The molecule has 0 aromatic heterocycles. The number of carboxylic acids is 1. The van der Waals surface area contributed by atoms with Gasteiger partial charge in [0.15, 0.2) is 0 Å². The fraction of sp³-hybridized carbons (Fsp3) is 0.111. The molecule has 0 heterocycles. The van der Waals surface area contributed by atoms with Crippen molar-refractivity contribution in [3.05, 3.63) is 120 Å². The fourth-order valence-electron chi connectivity index (χ4n) is 3.89. The molecule has 0 aliphatic rings. The van der Waals surface area contributed by atoms with Crippen LogP contribution in [0.2, 0.25) is 0 Å². The summed E-state index contributed by atoms with van der Waals surface area (Å²) in [5.41, 5.74) is 3.37. The lowest BCUT2D eigenvalue weighted by Gasteiger charge is -2.27. The van der Waals surface area contributed by atoms with E-state index in [-0.39, 0.29) is 23.1 Å². The number of rotatable bonds is 8. The first-order valence-corrected chi connectivity index (χ1v) is 10.1. The number of hydrogen-bond donors (Lipinski definition) is 1. The molecule has 0 bridgehead atoms. The molecule has 3 aromatic carbocycles. The second-order valence-corrected chi connectivity index (χ2v) is 7.07. The third kappa shape index (κ3) is 4.33. The fourth-order valence-corrected chi connectivity index (χ4v) is 3.89. The molecule has 1 unspecified atom stereocenters. The van der Waals surface area contributed by atoms with Gasteiger partial charge in [0.1, 0.15) is 0 Å². The number of nitrogens with zero attached hydrogens (tertiary/aromatic N) is 1. The molecule has 1 N–H and O–H groups in total. The molecule has 0 saturated carbocycles. The first-order valence-electron chi connectivity index (χ1n) is 10.1. The molecule has 31 heavy (non-hydrogen) atoms. The lowest BCUT2D eigenvalue weighted by Crippen LogP contribution is -2.28. The van der Waals surface area contributed by atoms with Crippen molar-refractivity contribution in [2.24, 2.45) is 0 Å². The zero-order valence-corrected chi connectivity index (χ0v) is 17.5. The highest BCUT2D eigenvalue weighted by Crippen LogP contribution is 2.38. The number of carboxylic acid groups (broad SMARTS) is 1. The van der Waals surface area contributed by atoms with Crippen molar-refractivity contribution in [2.75, 3.05) is 4.90 Å². The molecule has 0 fully saturated rings. The third-order valence-corrected chi connectivity index (χ3v) is 5.33. The molecule has 4 nitrogen and oxygen atoms in total. The molecule has 0 radical (unpaired) electrons. The maximum atomic E-state index is 13.3. The highest BCUT2D eigenvalue weighted by atomic mass is 16.4. The Morgan fingerprint density at radius 2 is 1.58 bits per heavy atom. The molecule has 0 aliphatic carbocycles. The van der Waals surface area contributed by atoms with Gasteiger partial charge in [-0.1, -0.05) is 80.8 Å². The topological polar surface area (TPSA) is 57.6 Å². The molecule has 1 atom stereocenters. The summed E-state index contributed by atoms with van der Waals surface area (Å²) in [5.74, 6) is -1.45. The zero-order chi connectivity index (χ0) is 22.4. The van der Waals surface area contributed by atoms with Crippen molar-refractivity contribution in [1.82, 2.24) is 0 Å². The van der Waals surface area contributed by atoms with E-state index in [2.05, 4.69) is 20.1 Å². The molecule has 4 heteroatoms. The summed E-state index contributed by atoms with van der Waals surface area (Å²) in [6, 6.07) is 22.1. The summed E-state index contributed by atoms with van der Waals surface area (Å²) < 4.78 is 0. The molecular formula is C27H25NO3. The summed E-state index contributed by atoms with van der Waals surface area (Å²) >= 11 is 0. The van der Waals surface area contributed by atoms with E-state index in [9.17, 15) is 14.7 Å². The van der Waals surface area contributed by atoms with Crippen LogP contribution in [0.25, 0.3) is 6.08 Å². The monoisotopic (exact) mass is 411 g/mol. The van der Waals surface area contributed by atoms with Gasteiger partial charge in [0.2, 0.25) is 0 Å². The molecule has 0 spiro atoms. The van der Waals surface area contributed by atoms with Gasteiger partial charge in [-0.2, -0.15) is 0 Å². The van der Waals surface area contributed by atoms with Gasteiger partial charge in [0.05, 0.1) is 11.3 Å². The van der Waals surface area contributed by atoms with Crippen molar-refractivity contribution in [2.45, 2.75) is 19.3 Å². The van der Waals surface area contributed by atoms with Gasteiger partial charge < -0.3 is 5.11 Å². The Hall–Kier alpha value is -3.92. The van der Waals surface area contributed by atoms with Gasteiger partial charge in [-0.3, -0.25) is 9.69 Å². The van der Waals surface area contributed by atoms with E-state index in [4.69, 9.17) is 0 Å². The molecule has 3 rings (SSSR count). The van der Waals surface area contributed by atoms with E-state index in [1.807, 2.05) is 42.5 Å². The standard InChI is InChI=1S/C27H25NO3/c1-4-21(19-13-9-7-10-14-19)23-17-18-24(27(30)31)25(22(23)5-2)28(6-3)26(29)20-15-11-8-12-16-20/h5-18,21H,2-4H2,1H3,(H,30,31). The normalized spacial score (nSPS) is 11.4. The first-order chi connectivity index (χ1) is 15.0. The zero-order valence-electron chi connectivity index (χ0n) is 17.5. The first kappa shape index (κ1) is 21.8. The van der Waals surface area contributed by atoms with Gasteiger partial charge in [-0.15, -0.1) is 0 Å². The SMILES string of the molecule is C=Cc1c(C(CC)c2ccccc2)ccc(C(=O)O)c1N(C=C)C(=O)c1ccccc1. The Kier molecular flexibility index (Phi) is 6.83. The van der Waals surface area contributed by atoms with Gasteiger partial charge in [-0.25, -0.2) is 4.79 Å². The third-order valence-electron chi connectivity index (χ3n) is 5.33. The van der Waals surface area contributed by atoms with E-state index in [1.165, 1.54) is 11.1 Å². The largest absolute Gasteiger partial charge is 0.478 e. The highest BCUT2D eigenvalue weighted by Gasteiger charge is 2.27. The average Bonchev–Trinajstić information content (AvgIpc) is 2.81. The van der Waals surface area contributed by atoms with Crippen molar-refractivity contribution in [1.29, 1.82) is 0 Å². The van der Waals surface area contributed by atoms with Crippen LogP contribution in [0.5, 0.6) is 0 Å². The number of carbonyl (C=O) groups is 2. The molecule has 3 aromatic rings. The Morgan fingerprint density at radius 1 is 0.968 bits per heavy atom. The maximum absolute atomic E-state index is 13.3. The van der Waals surface area contributed by atoms with E-state index >= 15 is 0 Å². The van der Waals surface area contributed by atoms with Crippen LogP contribution >= 0.6 is 0 Å². The summed E-state index contributed by atoms with van der Waals surface area (Å²) in [4.78, 5) is 26.7. The van der Waals surface area contributed by atoms with E-state index < -0.39 is 5.97 Å². The van der Waals surface area contributed by atoms with E-state index in [0.29, 0.717) is 11.1 Å². The quantitative estimate of drug-likeness (QED) is 0.469. The Morgan fingerprint density at radius 3 is 2.10 bits per heavy atom. The summed E-state index contributed by atoms with van der Waals surface area (Å²) in [7, 11) is 0. The minimum Gasteiger partial charge on any atom is -0.478 e. The number of aromatic carboxylic acids is 1. The number of amides is 1. The van der Waals surface area contributed by atoms with Gasteiger partial charge in [0, 0.05) is 23.2 Å². The Balaban J connectivity index is 2.25. The number of anilines is 1. The smallest absolute Gasteiger partial charge is 0.337 e. The number of hydrogen-bond acceptors (Lipinski definition) is 2. The second kappa shape index (κ2) is 9.72. The summed E-state index contributed by atoms with van der Waals surface area (Å²) in [6.07, 6.45) is 3.78. The summed E-state index contributed by atoms with van der Waals surface area (Å²) in [5, 5.41) is 9.88. The molecule has 156 valence electrons. The lowest BCUT2D eigenvalue weighted by atomic mass is 9.84. The van der Waals surface area contributed by atoms with Crippen LogP contribution in [0.4, 0.5) is 5.69 Å². The predicted octanol–water partition coefficient (Wildman–Crippen LogP) is 6.36. The molecule has 0 saturated heterocycles. The minimum absolute atomic E-state index is 0.0192. The number of benzene rings is 3. The minimum atomic E-state index is -1.12. The highest BCUT2D eigenvalue weighted by molar-refractivity contribution is 6.12. The maximum Gasteiger partial charge on any atom is 0.337 e. The van der Waals surface area contributed by atoms with Gasteiger partial charge in [0.25, 0.3) is 5.91 Å². The van der Waals surface area contributed by atoms with Gasteiger partial charge in [-0.05, 0) is 35.7 Å². The van der Waals surface area contributed by atoms with Crippen molar-refractivity contribution < 1.29 is 14.7 Å². The van der Waals surface area contributed by atoms with Crippen molar-refractivity contribution in [3.8, 4) is 0 Å². The van der Waals surface area contributed by atoms with Crippen LogP contribution in [-0.4, -0.2) is 17.0 Å². The van der Waals surface area contributed by atoms with Crippen LogP contribution in [-0.2, 0) is 0 Å². The van der Waals surface area contributed by atoms with Gasteiger partial charge >= 0.3 is 5.97 Å². The Bertz CT molecular complexity index is 1100. The predicted molar refractivity (Wildman–Crippen MR) is 126 cm³/mol. The van der Waals surface area contributed by atoms with E-state index in [0.717, 1.165) is 17.5 Å². The average molecular weight is 412 g/mol. The molecular weight excluding hydrogens is 386 g/mol. The van der Waals surface area contributed by atoms with E-state index in [1.54, 1.807) is 36.4 Å². The van der Waals surface area contributed by atoms with Crippen LogP contribution in [0, 0.1) is 0 Å². The van der Waals surface area contributed by atoms with Crippen LogP contribution < -0.4 is 4.90 Å². The van der Waals surface area contributed by atoms with Crippen molar-refractivity contribution >= 4 is 23.6 Å². The lowest BCUT2D eigenvalue weighted by molar-refractivity contribution is 0.0697. The molecule has 0 aliphatic heterocycles. The Labute approximate surface area is 182 Å². The molecule has 1 amide bonds.